The Labute approximate surface area is 224 Å². The minimum Gasteiger partial charge on any atom is -0.497 e. The molecule has 4 rings (SSSR count). The second kappa shape index (κ2) is 11.2. The maximum Gasteiger partial charge on any atom is 0.264 e. The number of aromatic nitrogens is 1. The van der Waals surface area contributed by atoms with Gasteiger partial charge in [0, 0.05) is 16.0 Å². The van der Waals surface area contributed by atoms with Gasteiger partial charge in [-0.3, -0.25) is 9.10 Å². The third kappa shape index (κ3) is 6.19. The molecule has 190 valence electrons. The molecule has 0 radical (unpaired) electrons. The van der Waals surface area contributed by atoms with Gasteiger partial charge in [-0.25, -0.2) is 18.8 Å². The average Bonchev–Trinajstić information content (AvgIpc) is 2.87. The number of carbonyl (C=O) groups is 1. The summed E-state index contributed by atoms with van der Waals surface area (Å²) < 4.78 is 33.0. The number of amides is 1. The summed E-state index contributed by atoms with van der Waals surface area (Å²) in [5, 5.41) is 5.36. The van der Waals surface area contributed by atoms with E-state index >= 15 is 0 Å². The van der Waals surface area contributed by atoms with Crippen LogP contribution in [0, 0.1) is 6.92 Å². The molecule has 0 saturated carbocycles. The first-order valence-corrected chi connectivity index (χ1v) is 13.2. The summed E-state index contributed by atoms with van der Waals surface area (Å²) in [6.07, 6.45) is 1.36. The molecule has 0 aliphatic rings. The Hall–Kier alpha value is -3.66. The van der Waals surface area contributed by atoms with E-state index in [1.165, 1.54) is 43.7 Å². The molecule has 0 fully saturated rings. The number of nitrogens with zero attached hydrogens (tertiary/aromatic N) is 3. The molecule has 1 heterocycles. The number of sulfonamides is 1. The van der Waals surface area contributed by atoms with Crippen molar-refractivity contribution in [2.45, 2.75) is 11.8 Å². The van der Waals surface area contributed by atoms with E-state index < -0.39 is 22.5 Å². The summed E-state index contributed by atoms with van der Waals surface area (Å²) >= 11 is 12.4. The molecular formula is C26H22Cl2N4O4S. The van der Waals surface area contributed by atoms with Gasteiger partial charge in [0.05, 0.1) is 29.4 Å². The van der Waals surface area contributed by atoms with Crippen molar-refractivity contribution >= 4 is 61.9 Å². The van der Waals surface area contributed by atoms with Crippen LogP contribution >= 0.6 is 23.2 Å². The van der Waals surface area contributed by atoms with Crippen molar-refractivity contribution in [3.63, 3.8) is 0 Å². The minimum absolute atomic E-state index is 0.0196. The van der Waals surface area contributed by atoms with Crippen molar-refractivity contribution in [1.82, 2.24) is 10.4 Å². The van der Waals surface area contributed by atoms with Gasteiger partial charge in [-0.2, -0.15) is 5.10 Å². The van der Waals surface area contributed by atoms with Gasteiger partial charge in [0.15, 0.2) is 0 Å². The van der Waals surface area contributed by atoms with Crippen molar-refractivity contribution in [1.29, 1.82) is 0 Å². The van der Waals surface area contributed by atoms with E-state index in [0.717, 1.165) is 20.8 Å². The normalized spacial score (nSPS) is 11.6. The molecule has 1 amide bonds. The third-order valence-electron chi connectivity index (χ3n) is 5.38. The van der Waals surface area contributed by atoms with Gasteiger partial charge >= 0.3 is 0 Å². The molecule has 0 atom stereocenters. The van der Waals surface area contributed by atoms with Gasteiger partial charge in [0.25, 0.3) is 15.9 Å². The van der Waals surface area contributed by atoms with Crippen LogP contribution in [0.4, 0.5) is 5.69 Å². The predicted molar refractivity (Wildman–Crippen MR) is 146 cm³/mol. The van der Waals surface area contributed by atoms with Crippen molar-refractivity contribution in [2.24, 2.45) is 5.10 Å². The number of methoxy groups -OCH3 is 1. The fourth-order valence-corrected chi connectivity index (χ4v) is 5.31. The molecule has 3 aromatic carbocycles. The van der Waals surface area contributed by atoms with Gasteiger partial charge in [-0.1, -0.05) is 41.4 Å². The number of pyridine rings is 1. The summed E-state index contributed by atoms with van der Waals surface area (Å²) in [5.74, 6) is -0.175. The van der Waals surface area contributed by atoms with E-state index in [-0.39, 0.29) is 15.7 Å². The van der Waals surface area contributed by atoms with E-state index in [4.69, 9.17) is 27.9 Å². The maximum absolute atomic E-state index is 13.5. The zero-order valence-corrected chi connectivity index (χ0v) is 22.2. The number of ether oxygens (including phenoxy) is 1. The first kappa shape index (κ1) is 26.4. The smallest absolute Gasteiger partial charge is 0.264 e. The number of nitrogens with one attached hydrogen (secondary N) is 1. The highest BCUT2D eigenvalue weighted by Crippen LogP contribution is 2.27. The molecule has 1 aromatic heterocycles. The van der Waals surface area contributed by atoms with Gasteiger partial charge < -0.3 is 4.74 Å². The number of hydrazone groups is 1. The number of anilines is 1. The molecule has 0 unspecified atom stereocenters. The fraction of sp³-hybridized carbons (Fsp3) is 0.115. The van der Waals surface area contributed by atoms with Crippen LogP contribution in [0.25, 0.3) is 10.9 Å². The van der Waals surface area contributed by atoms with Gasteiger partial charge in [0.2, 0.25) is 0 Å². The molecule has 4 aromatic rings. The van der Waals surface area contributed by atoms with Gasteiger partial charge in [0.1, 0.15) is 17.4 Å². The first-order valence-electron chi connectivity index (χ1n) is 11.0. The summed E-state index contributed by atoms with van der Waals surface area (Å²) in [6.45, 7) is 1.41. The Balaban J connectivity index is 1.57. The van der Waals surface area contributed by atoms with Crippen LogP contribution in [0.5, 0.6) is 5.75 Å². The minimum atomic E-state index is -4.13. The number of aryl methyl sites for hydroxylation is 1. The molecule has 11 heteroatoms. The summed E-state index contributed by atoms with van der Waals surface area (Å²) in [4.78, 5) is 17.1. The van der Waals surface area contributed by atoms with E-state index in [9.17, 15) is 13.2 Å². The molecule has 0 aliphatic heterocycles. The topological polar surface area (TPSA) is 101 Å². The lowest BCUT2D eigenvalue weighted by molar-refractivity contribution is -0.119. The molecule has 0 saturated heterocycles. The van der Waals surface area contributed by atoms with E-state index in [1.54, 1.807) is 24.3 Å². The standard InChI is InChI=1S/C26H22Cl2N4O4S/c1-17-6-7-18-13-19(26(28)30-24(18)12-17)15-29-31-25(33)16-32(21-5-3-4-20(27)14-21)37(34,35)23-10-8-22(36-2)9-11-23/h3-15H,16H2,1-2H3,(H,31,33)/b29-15-. The molecule has 0 aliphatic carbocycles. The van der Waals surface area contributed by atoms with Gasteiger partial charge in [-0.15, -0.1) is 0 Å². The SMILES string of the molecule is COc1ccc(S(=O)(=O)N(CC(=O)N/N=C\c2cc3ccc(C)cc3nc2Cl)c2cccc(Cl)c2)cc1. The summed E-state index contributed by atoms with van der Waals surface area (Å²) in [6, 6.07) is 19.6. The Morgan fingerprint density at radius 2 is 1.84 bits per heavy atom. The number of halogens is 2. The second-order valence-corrected chi connectivity index (χ2v) is 10.7. The van der Waals surface area contributed by atoms with Crippen LogP contribution in [-0.4, -0.2) is 39.2 Å². The largest absolute Gasteiger partial charge is 0.497 e. The maximum atomic E-state index is 13.5. The van der Waals surface area contributed by atoms with E-state index in [0.29, 0.717) is 16.3 Å². The fourth-order valence-electron chi connectivity index (χ4n) is 3.52. The molecule has 0 bridgehead atoms. The first-order chi connectivity index (χ1) is 17.7. The molecule has 8 nitrogen and oxygen atoms in total. The zero-order valence-electron chi connectivity index (χ0n) is 19.9. The lowest BCUT2D eigenvalue weighted by Gasteiger charge is -2.24. The monoisotopic (exact) mass is 556 g/mol. The van der Waals surface area contributed by atoms with E-state index in [2.05, 4.69) is 15.5 Å². The third-order valence-corrected chi connectivity index (χ3v) is 7.70. The van der Waals surface area contributed by atoms with E-state index in [1.807, 2.05) is 25.1 Å². The Bertz CT molecular complexity index is 1590. The number of hydrogen-bond acceptors (Lipinski definition) is 6. The Kier molecular flexibility index (Phi) is 7.97. The number of benzene rings is 3. The molecule has 0 spiro atoms. The van der Waals surface area contributed by atoms with Crippen LogP contribution < -0.4 is 14.5 Å². The Morgan fingerprint density at radius 1 is 1.08 bits per heavy atom. The summed E-state index contributed by atoms with van der Waals surface area (Å²) in [5.41, 5.74) is 4.87. The lowest BCUT2D eigenvalue weighted by Crippen LogP contribution is -2.39. The highest BCUT2D eigenvalue weighted by molar-refractivity contribution is 7.92. The van der Waals surface area contributed by atoms with Crippen molar-refractivity contribution in [3.05, 3.63) is 94.1 Å². The predicted octanol–water partition coefficient (Wildman–Crippen LogP) is 5.20. The number of hydrogen-bond donors (Lipinski definition) is 1. The molecular weight excluding hydrogens is 535 g/mol. The number of fused-ring (bicyclic) bond motifs is 1. The average molecular weight is 557 g/mol. The lowest BCUT2D eigenvalue weighted by atomic mass is 10.1. The van der Waals surface area contributed by atoms with Crippen molar-refractivity contribution in [3.8, 4) is 5.75 Å². The quantitative estimate of drug-likeness (QED) is 0.182. The second-order valence-electron chi connectivity index (χ2n) is 8.02. The summed E-state index contributed by atoms with van der Waals surface area (Å²) in [7, 11) is -2.65. The molecule has 1 N–H and O–H groups in total. The number of carbonyl (C=O) groups excluding carboxylic acids is 1. The van der Waals surface area contributed by atoms with Crippen molar-refractivity contribution < 1.29 is 17.9 Å². The molecule has 37 heavy (non-hydrogen) atoms. The highest BCUT2D eigenvalue weighted by atomic mass is 35.5. The van der Waals surface area contributed by atoms with Crippen LogP contribution in [0.2, 0.25) is 10.2 Å². The van der Waals surface area contributed by atoms with Gasteiger partial charge in [-0.05, 0) is 67.1 Å². The van der Waals surface area contributed by atoms with Crippen LogP contribution in [0.1, 0.15) is 11.1 Å². The highest BCUT2D eigenvalue weighted by Gasteiger charge is 2.27. The van der Waals surface area contributed by atoms with Crippen LogP contribution in [-0.2, 0) is 14.8 Å². The number of rotatable bonds is 8. The zero-order chi connectivity index (χ0) is 26.6. The van der Waals surface area contributed by atoms with Crippen LogP contribution in [0.3, 0.4) is 0 Å². The van der Waals surface area contributed by atoms with Crippen molar-refractivity contribution in [2.75, 3.05) is 18.0 Å². The van der Waals surface area contributed by atoms with Crippen LogP contribution in [0.15, 0.2) is 82.8 Å². The Morgan fingerprint density at radius 3 is 2.54 bits per heavy atom.